The van der Waals surface area contributed by atoms with Gasteiger partial charge in [-0.2, -0.15) is 0 Å². The van der Waals surface area contributed by atoms with Gasteiger partial charge in [0.25, 0.3) is 0 Å². The van der Waals surface area contributed by atoms with Crippen molar-refractivity contribution >= 4 is 92.3 Å². The summed E-state index contributed by atoms with van der Waals surface area (Å²) in [5.41, 5.74) is 21.7. The van der Waals surface area contributed by atoms with E-state index in [1.54, 1.807) is 44.5 Å². The first-order valence-electron chi connectivity index (χ1n) is 46.1. The fourth-order valence-electron chi connectivity index (χ4n) is 18.4. The highest BCUT2D eigenvalue weighted by Gasteiger charge is 2.19. The molecule has 0 atom stereocenters. The van der Waals surface area contributed by atoms with Crippen molar-refractivity contribution in [2.75, 3.05) is 0 Å². The van der Waals surface area contributed by atoms with Gasteiger partial charge in [-0.25, -0.2) is 0 Å². The molecular formula is C129H144. The van der Waals surface area contributed by atoms with Crippen LogP contribution in [-0.4, -0.2) is 0 Å². The molecule has 24 rings (SSSR count). The maximum absolute atomic E-state index is 2.40. The minimum atomic E-state index is 0. The molecule has 0 fully saturated rings. The first kappa shape index (κ1) is 98.2. The summed E-state index contributed by atoms with van der Waals surface area (Å²) in [5, 5.41) is 21.4. The molecule has 5 aliphatic rings. The molecule has 0 amide bonds. The third-order valence-corrected chi connectivity index (χ3v) is 25.0. The number of fused-ring (bicyclic) bond motifs is 20. The molecule has 129 heavy (non-hydrogen) atoms. The van der Waals surface area contributed by atoms with E-state index in [9.17, 15) is 0 Å². The van der Waals surface area contributed by atoms with Crippen LogP contribution in [0.3, 0.4) is 0 Å². The zero-order valence-corrected chi connectivity index (χ0v) is 73.0. The molecule has 19 aromatic carbocycles. The van der Waals surface area contributed by atoms with Crippen LogP contribution in [0.25, 0.3) is 103 Å². The van der Waals surface area contributed by atoms with E-state index >= 15 is 0 Å². The fourth-order valence-corrected chi connectivity index (χ4v) is 18.4. The lowest BCUT2D eigenvalue weighted by Gasteiger charge is -2.25. The molecule has 0 saturated carbocycles. The molecule has 0 aliphatic heterocycles. The summed E-state index contributed by atoms with van der Waals surface area (Å²) in [6.07, 6.45) is 33.3. The standard InChI is InChI=1S/C14H18.C14H14.C14H12.3C14H10.C10H12.C10H8.C10H14.C10H12.5CH4.2H2/c6*1-3-7-13-11(5-1)9-10-12-6-2-4-8-14(12)13;2*1-2-6-10-8-4-3-7-9(10)5-1;2*1-2-3-7-10-8-5-4-6-9-10;;;;;;;/h9-10H,1-8H2;1,3,5,7,9-10H,2,4,6,8H2;1-8H,9-10H2;3*1-10H;1-2,5-6H,3-4,7-8H2;1-8H;4-6,8-9H,2-3,7H2,1H3;3-9H,2H2,1H3;5*1H4;2*1H/b;;;;;;;;;7-3+;;;;;;;. The second-order valence-electron chi connectivity index (χ2n) is 33.4. The quantitative estimate of drug-likeness (QED) is 0.151. The Labute approximate surface area is 778 Å². The highest BCUT2D eigenvalue weighted by molar-refractivity contribution is 6.09. The number of aryl methyl sites for hydroxylation is 9. The third kappa shape index (κ3) is 27.0. The zero-order valence-electron chi connectivity index (χ0n) is 73.0. The van der Waals surface area contributed by atoms with Crippen LogP contribution >= 0.6 is 0 Å². The van der Waals surface area contributed by atoms with Crippen LogP contribution in [0.5, 0.6) is 0 Å². The molecule has 0 bridgehead atoms. The van der Waals surface area contributed by atoms with Gasteiger partial charge in [0, 0.05) is 2.85 Å². The Balaban J connectivity index is 0.000000179. The molecule has 0 N–H and O–H groups in total. The number of rotatable bonds is 5. The van der Waals surface area contributed by atoms with Gasteiger partial charge in [0.15, 0.2) is 0 Å². The Bertz CT molecular complexity index is 6010. The summed E-state index contributed by atoms with van der Waals surface area (Å²) < 4.78 is 0. The monoisotopic (exact) mass is 1690 g/mol. The largest absolute Gasteiger partial charge is 0.0842 e. The maximum atomic E-state index is 2.40. The fraction of sp³-hybridized carbons (Fsp3) is 0.225. The molecule has 0 spiro atoms. The summed E-state index contributed by atoms with van der Waals surface area (Å²) in [4.78, 5) is 0. The highest BCUT2D eigenvalue weighted by atomic mass is 14.2. The lowest BCUT2D eigenvalue weighted by Crippen LogP contribution is -2.12. The molecule has 660 valence electrons. The van der Waals surface area contributed by atoms with Crippen LogP contribution in [0.4, 0.5) is 0 Å². The van der Waals surface area contributed by atoms with Gasteiger partial charge < -0.3 is 0 Å². The van der Waals surface area contributed by atoms with Gasteiger partial charge >= 0.3 is 0 Å². The molecule has 0 saturated heterocycles. The smallest absolute Gasteiger partial charge is 0 e. The van der Waals surface area contributed by atoms with E-state index in [0.717, 1.165) is 6.42 Å². The number of benzene rings is 19. The lowest BCUT2D eigenvalue weighted by molar-refractivity contribution is 0.640. The van der Waals surface area contributed by atoms with E-state index in [1.165, 1.54) is 254 Å². The van der Waals surface area contributed by atoms with Crippen LogP contribution in [0.1, 0.15) is 191 Å². The normalized spacial score (nSPS) is 12.4. The predicted octanol–water partition coefficient (Wildman–Crippen LogP) is 37.8. The molecule has 5 aliphatic carbocycles. The SMILES string of the molecule is C.C.C.C.C.CC/C=C/c1ccccc1.CCCCc1ccccc1.[HH].[HH].c1cc2c(c3c1CCCC3)CCCC2.c1ccc2c(c1)CCCC2.c1ccc2c(c1)CCc1ccccc1-2.c1ccc2c(c1)ccc1ccccc12.c1ccc2c(c1)ccc1ccccc12.c1ccc2c(c1)ccc1ccccc12.c1ccc2c3c(ccc2c1)CCCC3.c1ccc2ccccc2c1. The van der Waals surface area contributed by atoms with Gasteiger partial charge in [-0.15, -0.1) is 0 Å². The third-order valence-electron chi connectivity index (χ3n) is 25.0. The number of allylic oxidation sites excluding steroid dienone is 1. The van der Waals surface area contributed by atoms with Gasteiger partial charge in [-0.1, -0.05) is 482 Å². The van der Waals surface area contributed by atoms with Gasteiger partial charge in [-0.05, 0) is 299 Å². The molecule has 0 nitrogen and oxygen atoms in total. The van der Waals surface area contributed by atoms with Gasteiger partial charge in [0.1, 0.15) is 0 Å². The summed E-state index contributed by atoms with van der Waals surface area (Å²) >= 11 is 0. The van der Waals surface area contributed by atoms with Crippen molar-refractivity contribution in [3.8, 4) is 11.1 Å². The van der Waals surface area contributed by atoms with Gasteiger partial charge in [0.05, 0.1) is 0 Å². The van der Waals surface area contributed by atoms with Gasteiger partial charge in [0.2, 0.25) is 0 Å². The second-order valence-corrected chi connectivity index (χ2v) is 33.4. The minimum Gasteiger partial charge on any atom is -0.0842 e. The van der Waals surface area contributed by atoms with Crippen molar-refractivity contribution in [1.29, 1.82) is 0 Å². The van der Waals surface area contributed by atoms with Crippen molar-refractivity contribution in [2.45, 2.75) is 192 Å². The summed E-state index contributed by atoms with van der Waals surface area (Å²) in [5.74, 6) is 0. The molecule has 0 heterocycles. The number of unbranched alkanes of at least 4 members (excludes halogenated alkanes) is 1. The van der Waals surface area contributed by atoms with Crippen molar-refractivity contribution in [3.63, 3.8) is 0 Å². The Hall–Kier alpha value is -13.0. The summed E-state index contributed by atoms with van der Waals surface area (Å²) in [6, 6.07) is 146. The van der Waals surface area contributed by atoms with Crippen LogP contribution in [-0.2, 0) is 70.6 Å². The first-order valence-corrected chi connectivity index (χ1v) is 46.1. The van der Waals surface area contributed by atoms with E-state index < -0.39 is 0 Å². The van der Waals surface area contributed by atoms with Crippen LogP contribution in [0.2, 0.25) is 0 Å². The Morgan fingerprint density at radius 3 is 0.798 bits per heavy atom. The van der Waals surface area contributed by atoms with Crippen molar-refractivity contribution in [1.82, 2.24) is 0 Å². The minimum absolute atomic E-state index is 0. The van der Waals surface area contributed by atoms with E-state index in [2.05, 4.69) is 432 Å². The molecule has 0 aromatic heterocycles. The topological polar surface area (TPSA) is 0 Å². The first-order chi connectivity index (χ1) is 61.5. The summed E-state index contributed by atoms with van der Waals surface area (Å²) in [6.45, 7) is 4.36. The highest BCUT2D eigenvalue weighted by Crippen LogP contribution is 2.36. The second kappa shape index (κ2) is 52.3. The molecule has 19 aromatic rings. The molecule has 0 unspecified atom stereocenters. The van der Waals surface area contributed by atoms with E-state index in [0.29, 0.717) is 0 Å². The number of hydrogen-bond acceptors (Lipinski definition) is 0. The Kier molecular flexibility index (Phi) is 39.8. The number of hydrogen-bond donors (Lipinski definition) is 0. The maximum Gasteiger partial charge on any atom is 0 e. The van der Waals surface area contributed by atoms with E-state index in [1.807, 2.05) is 6.07 Å². The van der Waals surface area contributed by atoms with Gasteiger partial charge in [-0.3, -0.25) is 0 Å². The molecular weight excluding hydrogens is 1550 g/mol. The molecule has 0 radical (unpaired) electrons. The van der Waals surface area contributed by atoms with Crippen molar-refractivity contribution < 1.29 is 2.85 Å². The van der Waals surface area contributed by atoms with E-state index in [-0.39, 0.29) is 40.0 Å². The van der Waals surface area contributed by atoms with Crippen LogP contribution in [0, 0.1) is 0 Å². The Morgan fingerprint density at radius 2 is 0.450 bits per heavy atom. The Morgan fingerprint density at radius 1 is 0.202 bits per heavy atom. The van der Waals surface area contributed by atoms with Crippen molar-refractivity contribution in [2.24, 2.45) is 0 Å². The zero-order chi connectivity index (χ0) is 84.4. The average Bonchev–Trinajstić information content (AvgIpc) is 0.820. The molecule has 0 heteroatoms. The summed E-state index contributed by atoms with van der Waals surface area (Å²) in [7, 11) is 0. The average molecular weight is 1690 g/mol. The predicted molar refractivity (Wildman–Crippen MR) is 580 cm³/mol. The van der Waals surface area contributed by atoms with Crippen molar-refractivity contribution in [3.05, 3.63) is 485 Å². The lowest BCUT2D eigenvalue weighted by atomic mass is 9.81. The van der Waals surface area contributed by atoms with E-state index in [4.69, 9.17) is 0 Å². The van der Waals surface area contributed by atoms with Crippen LogP contribution < -0.4 is 0 Å². The van der Waals surface area contributed by atoms with Crippen LogP contribution in [0.15, 0.2) is 419 Å².